The topological polar surface area (TPSA) is 259 Å². The van der Waals surface area contributed by atoms with Gasteiger partial charge < -0.3 is 48.7 Å². The molecule has 3 amide bonds. The molecular weight excluding hydrogens is 628 g/mol. The number of hydrogen-bond acceptors (Lipinski definition) is 8. The lowest BCUT2D eigenvalue weighted by atomic mass is 9.95. The van der Waals surface area contributed by atoms with E-state index in [0.717, 1.165) is 11.1 Å². The first-order valence-corrected chi connectivity index (χ1v) is 15.3. The Kier molecular flexibility index (Phi) is 17.9. The van der Waals surface area contributed by atoms with Crippen LogP contribution in [0.1, 0.15) is 54.4 Å². The molecule has 0 aromatic heterocycles. The van der Waals surface area contributed by atoms with Crippen molar-refractivity contribution in [2.75, 3.05) is 13.1 Å². The Morgan fingerprint density at radius 2 is 1.40 bits per heavy atom. The lowest BCUT2D eigenvalue weighted by Crippen LogP contribution is -2.57. The van der Waals surface area contributed by atoms with Crippen molar-refractivity contribution in [1.82, 2.24) is 21.3 Å². The van der Waals surface area contributed by atoms with Gasteiger partial charge in [0.05, 0.1) is 6.04 Å². The molecule has 4 atom stereocenters. The Morgan fingerprint density at radius 3 is 1.98 bits per heavy atom. The van der Waals surface area contributed by atoms with Gasteiger partial charge in [-0.05, 0) is 86.9 Å². The van der Waals surface area contributed by atoms with E-state index in [9.17, 15) is 29.4 Å². The zero-order chi connectivity index (χ0) is 34.2. The second-order valence-corrected chi connectivity index (χ2v) is 11.3. The minimum atomic E-state index is -1.24. The highest BCUT2D eigenvalue weighted by atomic mass is 35.5. The van der Waals surface area contributed by atoms with Crippen molar-refractivity contribution in [1.29, 1.82) is 5.41 Å². The minimum absolute atomic E-state index is 0. The molecular formula is C32H49ClN8O6. The van der Waals surface area contributed by atoms with E-state index in [1.807, 2.05) is 0 Å². The van der Waals surface area contributed by atoms with E-state index in [0.29, 0.717) is 43.5 Å². The van der Waals surface area contributed by atoms with Crippen molar-refractivity contribution in [3.05, 3.63) is 64.7 Å². The summed E-state index contributed by atoms with van der Waals surface area (Å²) in [6.45, 7) is 4.25. The number of carboxylic acids is 1. The van der Waals surface area contributed by atoms with Gasteiger partial charge >= 0.3 is 5.97 Å². The summed E-state index contributed by atoms with van der Waals surface area (Å²) in [7, 11) is 0. The van der Waals surface area contributed by atoms with Crippen molar-refractivity contribution in [3.63, 3.8) is 0 Å². The number of aromatic hydroxyl groups is 1. The van der Waals surface area contributed by atoms with E-state index >= 15 is 0 Å². The van der Waals surface area contributed by atoms with Crippen molar-refractivity contribution < 1.29 is 29.4 Å². The summed E-state index contributed by atoms with van der Waals surface area (Å²) in [5, 5.41) is 37.7. The number of benzene rings is 2. The molecule has 47 heavy (non-hydrogen) atoms. The number of phenols is 1. The van der Waals surface area contributed by atoms with E-state index in [2.05, 4.69) is 21.3 Å². The van der Waals surface area contributed by atoms with Crippen LogP contribution in [0.15, 0.2) is 42.5 Å². The third-order valence-corrected chi connectivity index (χ3v) is 7.54. The smallest absolute Gasteiger partial charge is 0.326 e. The molecule has 0 bridgehead atoms. The molecule has 0 heterocycles. The van der Waals surface area contributed by atoms with Gasteiger partial charge in [0.25, 0.3) is 0 Å². The highest BCUT2D eigenvalue weighted by Gasteiger charge is 2.31. The van der Waals surface area contributed by atoms with Crippen LogP contribution in [0.2, 0.25) is 0 Å². The minimum Gasteiger partial charge on any atom is -0.508 e. The maximum Gasteiger partial charge on any atom is 0.326 e. The molecule has 2 rings (SSSR count). The number of unbranched alkanes of at least 4 members (excludes halogenated alkanes) is 1. The maximum atomic E-state index is 13.8. The molecule has 2 aromatic rings. The van der Waals surface area contributed by atoms with Crippen molar-refractivity contribution >= 4 is 42.1 Å². The van der Waals surface area contributed by atoms with Crippen LogP contribution in [-0.2, 0) is 32.0 Å². The number of hydrogen-bond donors (Lipinski definition) is 10. The molecule has 0 saturated heterocycles. The average Bonchev–Trinajstić information content (AvgIpc) is 2.99. The highest BCUT2D eigenvalue weighted by molar-refractivity contribution is 5.94. The van der Waals surface area contributed by atoms with Gasteiger partial charge in [0.1, 0.15) is 23.9 Å². The fourth-order valence-electron chi connectivity index (χ4n) is 5.02. The number of aryl methyl sites for hydroxylation is 2. The number of amides is 3. The number of carboxylic acid groups (broad SMARTS) is 1. The monoisotopic (exact) mass is 676 g/mol. The number of phenolic OH excluding ortho intramolecular Hbond substituents is 1. The molecule has 0 fully saturated rings. The first-order chi connectivity index (χ1) is 21.8. The van der Waals surface area contributed by atoms with E-state index in [1.165, 1.54) is 0 Å². The average molecular weight is 677 g/mol. The first-order valence-electron chi connectivity index (χ1n) is 15.3. The van der Waals surface area contributed by atoms with Gasteiger partial charge in [-0.1, -0.05) is 30.3 Å². The van der Waals surface area contributed by atoms with Gasteiger partial charge in [0.2, 0.25) is 17.7 Å². The lowest BCUT2D eigenvalue weighted by Gasteiger charge is -2.26. The summed E-state index contributed by atoms with van der Waals surface area (Å²) in [4.78, 5) is 52.4. The molecule has 0 aliphatic carbocycles. The fourth-order valence-corrected chi connectivity index (χ4v) is 5.02. The number of rotatable bonds is 19. The van der Waals surface area contributed by atoms with E-state index < -0.39 is 47.9 Å². The molecule has 15 heteroatoms. The van der Waals surface area contributed by atoms with Crippen molar-refractivity contribution in [2.45, 2.75) is 83.0 Å². The van der Waals surface area contributed by atoms with Crippen LogP contribution in [0.3, 0.4) is 0 Å². The quantitative estimate of drug-likeness (QED) is 0.0559. The Bertz CT molecular complexity index is 1320. The Hall–Kier alpha value is -4.40. The predicted molar refractivity (Wildman–Crippen MR) is 182 cm³/mol. The highest BCUT2D eigenvalue weighted by Crippen LogP contribution is 2.22. The number of carbonyl (C=O) groups is 4. The molecule has 260 valence electrons. The van der Waals surface area contributed by atoms with Gasteiger partial charge in [-0.25, -0.2) is 4.79 Å². The first kappa shape index (κ1) is 40.6. The largest absolute Gasteiger partial charge is 0.508 e. The summed E-state index contributed by atoms with van der Waals surface area (Å²) < 4.78 is 0. The Morgan fingerprint density at radius 1 is 0.830 bits per heavy atom. The van der Waals surface area contributed by atoms with Crippen LogP contribution in [0.4, 0.5) is 0 Å². The third kappa shape index (κ3) is 14.3. The van der Waals surface area contributed by atoms with E-state index in [1.54, 1.807) is 56.3 Å². The summed E-state index contributed by atoms with van der Waals surface area (Å²) in [5.41, 5.74) is 19.9. The molecule has 2 aromatic carbocycles. The molecule has 13 N–H and O–H groups in total. The van der Waals surface area contributed by atoms with Crippen LogP contribution < -0.4 is 38.5 Å². The maximum absolute atomic E-state index is 13.8. The van der Waals surface area contributed by atoms with Crippen LogP contribution >= 0.6 is 12.4 Å². The third-order valence-electron chi connectivity index (χ3n) is 7.54. The molecule has 0 saturated carbocycles. The predicted octanol–water partition coefficient (Wildman–Crippen LogP) is 0.475. The lowest BCUT2D eigenvalue weighted by molar-refractivity contribution is -0.142. The van der Waals surface area contributed by atoms with Gasteiger partial charge in [0.15, 0.2) is 5.96 Å². The molecule has 0 unspecified atom stereocenters. The van der Waals surface area contributed by atoms with Crippen LogP contribution in [0, 0.1) is 19.3 Å². The number of guanidine groups is 1. The Labute approximate surface area is 281 Å². The van der Waals surface area contributed by atoms with Gasteiger partial charge in [-0.2, -0.15) is 0 Å². The number of nitrogens with two attached hydrogens (primary N) is 3. The van der Waals surface area contributed by atoms with Crippen LogP contribution in [-0.4, -0.2) is 77.1 Å². The molecule has 14 nitrogen and oxygen atoms in total. The van der Waals surface area contributed by atoms with Gasteiger partial charge in [0, 0.05) is 19.4 Å². The second-order valence-electron chi connectivity index (χ2n) is 11.3. The normalized spacial score (nSPS) is 13.2. The molecule has 0 radical (unpaired) electrons. The Balaban J connectivity index is 0.0000110. The van der Waals surface area contributed by atoms with Gasteiger partial charge in [-0.15, -0.1) is 12.4 Å². The number of nitrogens with one attached hydrogen (secondary N) is 5. The van der Waals surface area contributed by atoms with Crippen LogP contribution in [0.25, 0.3) is 0 Å². The standard InChI is InChI=1S/C32H48N8O6.ClH/c1-19-15-22(41)16-20(2)23(19)18-26(39-28(42)24(34)11-8-14-37-32(35)36)30(44)38-25(12-6-7-13-33)29(43)40-27(31(45)46)17-21-9-4-3-5-10-21;/h3-5,9-10,15-16,24-27,41H,6-8,11-14,17-18,33-34H2,1-2H3,(H,38,44)(H,39,42)(H,40,43)(H,45,46)(H4,35,36,37);1H/t24-,25+,26+,27+;/m1./s1. The summed E-state index contributed by atoms with van der Waals surface area (Å²) in [5.74, 6) is -3.28. The summed E-state index contributed by atoms with van der Waals surface area (Å²) in [6.07, 6.45) is 2.02. The van der Waals surface area contributed by atoms with E-state index in [-0.39, 0.29) is 49.8 Å². The number of aliphatic carboxylic acids is 1. The van der Waals surface area contributed by atoms with Crippen molar-refractivity contribution in [2.24, 2.45) is 17.2 Å². The van der Waals surface area contributed by atoms with Crippen molar-refractivity contribution in [3.8, 4) is 5.75 Å². The molecule has 0 spiro atoms. The second kappa shape index (κ2) is 20.7. The number of halogens is 1. The molecule has 0 aliphatic rings. The van der Waals surface area contributed by atoms with Crippen LogP contribution in [0.5, 0.6) is 5.75 Å². The SMILES string of the molecule is Cc1cc(O)cc(C)c1C[C@H](NC(=O)[C@H](N)CCCNC(=N)N)C(=O)N[C@@H](CCCCN)C(=O)N[C@@H](Cc1ccccc1)C(=O)O.Cl. The summed E-state index contributed by atoms with van der Waals surface area (Å²) in [6, 6.07) is 7.49. The number of carbonyl (C=O) groups excluding carboxylic acids is 3. The molecule has 0 aliphatic heterocycles. The van der Waals surface area contributed by atoms with E-state index in [4.69, 9.17) is 22.6 Å². The van der Waals surface area contributed by atoms with Gasteiger partial charge in [-0.3, -0.25) is 19.8 Å². The summed E-state index contributed by atoms with van der Waals surface area (Å²) >= 11 is 0. The fraction of sp³-hybridized carbons (Fsp3) is 0.469. The zero-order valence-electron chi connectivity index (χ0n) is 26.9. The zero-order valence-corrected chi connectivity index (χ0v) is 27.7.